The molecule has 0 aromatic carbocycles. The largest absolute Gasteiger partial charge is 0.392 e. The Morgan fingerprint density at radius 1 is 1.75 bits per heavy atom. The van der Waals surface area contributed by atoms with Crippen molar-refractivity contribution in [3.8, 4) is 0 Å². The number of rotatable bonds is 4. The van der Waals surface area contributed by atoms with Crippen molar-refractivity contribution in [3.05, 3.63) is 20.8 Å². The second kappa shape index (κ2) is 4.97. The van der Waals surface area contributed by atoms with Gasteiger partial charge in [-0.3, -0.25) is 0 Å². The Morgan fingerprint density at radius 3 is 3.00 bits per heavy atom. The van der Waals surface area contributed by atoms with Gasteiger partial charge in [0.2, 0.25) is 0 Å². The van der Waals surface area contributed by atoms with Crippen LogP contribution in [0.5, 0.6) is 0 Å². The van der Waals surface area contributed by atoms with Crippen LogP contribution < -0.4 is 5.32 Å². The molecule has 1 rings (SSSR count). The Labute approximate surface area is 84.7 Å². The third-order valence-electron chi connectivity index (χ3n) is 1.42. The third-order valence-corrected chi connectivity index (χ3v) is 3.34. The van der Waals surface area contributed by atoms with Gasteiger partial charge >= 0.3 is 0 Å². The smallest absolute Gasteiger partial charge is 0.0636 e. The Kier molecular flexibility index (Phi) is 4.21. The summed E-state index contributed by atoms with van der Waals surface area (Å²) >= 11 is 5.15. The van der Waals surface area contributed by atoms with Crippen molar-refractivity contribution in [3.63, 3.8) is 0 Å². The van der Waals surface area contributed by atoms with Crippen LogP contribution in [-0.2, 0) is 6.54 Å². The molecule has 12 heavy (non-hydrogen) atoms. The zero-order chi connectivity index (χ0) is 8.97. The summed E-state index contributed by atoms with van der Waals surface area (Å²) in [6.45, 7) is 3.24. The molecule has 0 saturated heterocycles. The molecule has 0 amide bonds. The lowest BCUT2D eigenvalue weighted by Gasteiger charge is -2.05. The molecule has 0 bridgehead atoms. The topological polar surface area (TPSA) is 32.3 Å². The summed E-state index contributed by atoms with van der Waals surface area (Å²) in [5.74, 6) is 0. The van der Waals surface area contributed by atoms with E-state index < -0.39 is 0 Å². The predicted octanol–water partition coefficient (Wildman–Crippen LogP) is 1.98. The zero-order valence-electron chi connectivity index (χ0n) is 6.88. The van der Waals surface area contributed by atoms with Gasteiger partial charge in [0.1, 0.15) is 0 Å². The van der Waals surface area contributed by atoms with E-state index in [4.69, 9.17) is 5.11 Å². The molecule has 2 N–H and O–H groups in total. The van der Waals surface area contributed by atoms with Crippen LogP contribution in [0.3, 0.4) is 0 Å². The number of hydrogen-bond donors (Lipinski definition) is 2. The van der Waals surface area contributed by atoms with Crippen molar-refractivity contribution in [2.24, 2.45) is 0 Å². The summed E-state index contributed by atoms with van der Waals surface area (Å²) in [7, 11) is 0. The number of aliphatic hydroxyl groups excluding tert-OH is 1. The fourth-order valence-corrected chi connectivity index (χ4v) is 2.31. The second-order valence-electron chi connectivity index (χ2n) is 2.67. The predicted molar refractivity (Wildman–Crippen MR) is 55.4 cm³/mol. The van der Waals surface area contributed by atoms with Gasteiger partial charge in [0.15, 0.2) is 0 Å². The molecule has 0 saturated carbocycles. The van der Waals surface area contributed by atoms with Crippen LogP contribution >= 0.6 is 27.3 Å². The van der Waals surface area contributed by atoms with Crippen LogP contribution in [0.1, 0.15) is 11.8 Å². The highest BCUT2D eigenvalue weighted by Gasteiger charge is 2.00. The van der Waals surface area contributed by atoms with E-state index in [1.54, 1.807) is 18.3 Å². The highest BCUT2D eigenvalue weighted by Crippen LogP contribution is 2.21. The zero-order valence-corrected chi connectivity index (χ0v) is 9.28. The maximum Gasteiger partial charge on any atom is 0.0636 e. The van der Waals surface area contributed by atoms with E-state index in [1.165, 1.54) is 4.88 Å². The molecule has 0 unspecified atom stereocenters. The van der Waals surface area contributed by atoms with Gasteiger partial charge in [-0.15, -0.1) is 11.3 Å². The maximum atomic E-state index is 8.98. The molecule has 1 aromatic heterocycles. The van der Waals surface area contributed by atoms with Crippen LogP contribution in [0.25, 0.3) is 0 Å². The second-order valence-corrected chi connectivity index (χ2v) is 4.53. The molecule has 4 heteroatoms. The molecule has 0 aliphatic rings. The van der Waals surface area contributed by atoms with Gasteiger partial charge in [-0.05, 0) is 34.3 Å². The summed E-state index contributed by atoms with van der Waals surface area (Å²) in [4.78, 5) is 1.27. The van der Waals surface area contributed by atoms with E-state index in [9.17, 15) is 0 Å². The summed E-state index contributed by atoms with van der Waals surface area (Å²) in [6, 6.07) is 2.03. The fraction of sp³-hybridized carbons (Fsp3) is 0.500. The molecule has 0 fully saturated rings. The van der Waals surface area contributed by atoms with Crippen LogP contribution in [-0.4, -0.2) is 17.8 Å². The lowest BCUT2D eigenvalue weighted by molar-refractivity contribution is 0.191. The van der Waals surface area contributed by atoms with Gasteiger partial charge < -0.3 is 10.4 Å². The van der Waals surface area contributed by atoms with E-state index in [1.807, 2.05) is 11.4 Å². The lowest BCUT2D eigenvalue weighted by atomic mass is 10.4. The summed E-state index contributed by atoms with van der Waals surface area (Å²) in [6.07, 6.45) is -0.274. The SMILES string of the molecule is C[C@@H](O)CNCc1sccc1Br. The molecule has 1 heterocycles. The molecular formula is C8H12BrNOS. The van der Waals surface area contributed by atoms with E-state index in [-0.39, 0.29) is 6.10 Å². The van der Waals surface area contributed by atoms with Crippen molar-refractivity contribution in [1.82, 2.24) is 5.32 Å². The first-order valence-corrected chi connectivity index (χ1v) is 5.48. The van der Waals surface area contributed by atoms with Gasteiger partial charge in [-0.25, -0.2) is 0 Å². The quantitative estimate of drug-likeness (QED) is 0.856. The number of hydrogen-bond acceptors (Lipinski definition) is 3. The first kappa shape index (κ1) is 10.2. The van der Waals surface area contributed by atoms with E-state index in [0.29, 0.717) is 6.54 Å². The van der Waals surface area contributed by atoms with Crippen LogP contribution in [0.15, 0.2) is 15.9 Å². The number of halogens is 1. The van der Waals surface area contributed by atoms with Crippen molar-refractivity contribution < 1.29 is 5.11 Å². The van der Waals surface area contributed by atoms with E-state index >= 15 is 0 Å². The minimum atomic E-state index is -0.274. The van der Waals surface area contributed by atoms with E-state index in [0.717, 1.165) is 11.0 Å². The highest BCUT2D eigenvalue weighted by atomic mass is 79.9. The van der Waals surface area contributed by atoms with E-state index in [2.05, 4.69) is 21.2 Å². The Balaban J connectivity index is 2.29. The van der Waals surface area contributed by atoms with Gasteiger partial charge in [0, 0.05) is 22.4 Å². The molecule has 1 atom stereocenters. The van der Waals surface area contributed by atoms with Gasteiger partial charge in [0.05, 0.1) is 6.10 Å². The Bertz CT molecular complexity index is 237. The molecule has 0 aliphatic heterocycles. The first-order chi connectivity index (χ1) is 5.70. The first-order valence-electron chi connectivity index (χ1n) is 3.81. The minimum Gasteiger partial charge on any atom is -0.392 e. The average molecular weight is 250 g/mol. The summed E-state index contributed by atoms with van der Waals surface area (Å²) < 4.78 is 1.14. The maximum absolute atomic E-state index is 8.98. The monoisotopic (exact) mass is 249 g/mol. The molecule has 1 aromatic rings. The lowest BCUT2D eigenvalue weighted by Crippen LogP contribution is -2.23. The van der Waals surface area contributed by atoms with Crippen LogP contribution in [0, 0.1) is 0 Å². The highest BCUT2D eigenvalue weighted by molar-refractivity contribution is 9.10. The minimum absolute atomic E-state index is 0.274. The Morgan fingerprint density at radius 2 is 2.50 bits per heavy atom. The molecule has 0 aliphatic carbocycles. The van der Waals surface area contributed by atoms with Gasteiger partial charge in [0.25, 0.3) is 0 Å². The van der Waals surface area contributed by atoms with Crippen molar-refractivity contribution in [1.29, 1.82) is 0 Å². The van der Waals surface area contributed by atoms with Gasteiger partial charge in [-0.2, -0.15) is 0 Å². The summed E-state index contributed by atoms with van der Waals surface area (Å²) in [5, 5.41) is 14.2. The van der Waals surface area contributed by atoms with Crippen molar-refractivity contribution in [2.75, 3.05) is 6.54 Å². The number of aliphatic hydroxyl groups is 1. The molecule has 0 radical (unpaired) electrons. The van der Waals surface area contributed by atoms with Crippen molar-refractivity contribution >= 4 is 27.3 Å². The fourth-order valence-electron chi connectivity index (χ4n) is 0.846. The molecule has 2 nitrogen and oxygen atoms in total. The third kappa shape index (κ3) is 3.23. The van der Waals surface area contributed by atoms with Crippen LogP contribution in [0.2, 0.25) is 0 Å². The molecular weight excluding hydrogens is 238 g/mol. The Hall–Kier alpha value is 0.100. The summed E-state index contributed by atoms with van der Waals surface area (Å²) in [5.41, 5.74) is 0. The number of thiophene rings is 1. The van der Waals surface area contributed by atoms with Crippen LogP contribution in [0.4, 0.5) is 0 Å². The number of nitrogens with one attached hydrogen (secondary N) is 1. The van der Waals surface area contributed by atoms with Crippen molar-refractivity contribution in [2.45, 2.75) is 19.6 Å². The van der Waals surface area contributed by atoms with Gasteiger partial charge in [-0.1, -0.05) is 0 Å². The standard InChI is InChI=1S/C8H12BrNOS/c1-6(11)4-10-5-8-7(9)2-3-12-8/h2-3,6,10-11H,4-5H2,1H3/t6-/m1/s1. The average Bonchev–Trinajstić information content (AvgIpc) is 2.36. The molecule has 0 spiro atoms. The molecule has 68 valence electrons. The normalized spacial score (nSPS) is 13.2.